The second-order valence-electron chi connectivity index (χ2n) is 6.40. The molecule has 0 N–H and O–H groups in total. The van der Waals surface area contributed by atoms with E-state index in [2.05, 4.69) is 9.89 Å². The lowest BCUT2D eigenvalue weighted by Gasteiger charge is -2.12. The number of methoxy groups -OCH3 is 1. The van der Waals surface area contributed by atoms with Crippen molar-refractivity contribution in [2.24, 2.45) is 4.99 Å². The van der Waals surface area contributed by atoms with Crippen LogP contribution in [0.25, 0.3) is 0 Å². The van der Waals surface area contributed by atoms with Crippen LogP contribution in [-0.4, -0.2) is 26.4 Å². The predicted molar refractivity (Wildman–Crippen MR) is 107 cm³/mol. The van der Waals surface area contributed by atoms with Crippen molar-refractivity contribution in [1.82, 2.24) is 0 Å². The minimum Gasteiger partial charge on any atom is -0.497 e. The molecule has 0 amide bonds. The highest BCUT2D eigenvalue weighted by Crippen LogP contribution is 2.26. The Hall–Kier alpha value is -3.21. The summed E-state index contributed by atoms with van der Waals surface area (Å²) in [6.45, 7) is 2.14. The third kappa shape index (κ3) is 4.31. The largest absolute Gasteiger partial charge is 0.497 e. The Morgan fingerprint density at radius 1 is 0.852 bits per heavy atom. The monoisotopic (exact) mass is 362 g/mol. The fourth-order valence-electron chi connectivity index (χ4n) is 3.04. The zero-order valence-corrected chi connectivity index (χ0v) is 15.3. The van der Waals surface area contributed by atoms with Crippen LogP contribution in [0.1, 0.15) is 18.6 Å². The van der Waals surface area contributed by atoms with Gasteiger partial charge in [0.15, 0.2) is 5.88 Å². The smallest absolute Gasteiger partial charge is 0.196 e. The van der Waals surface area contributed by atoms with E-state index in [-0.39, 0.29) is 0 Å². The molecule has 0 aliphatic carbocycles. The Morgan fingerprint density at radius 2 is 1.48 bits per heavy atom. The molecule has 4 rings (SSSR count). The molecule has 2 heterocycles. The number of ether oxygens (including phenoxy) is 2. The van der Waals surface area contributed by atoms with Crippen molar-refractivity contribution in [3.8, 4) is 17.2 Å². The highest BCUT2D eigenvalue weighted by atomic mass is 16.5. The maximum absolute atomic E-state index is 5.85. The number of hydrogen-bond acceptors (Lipinski definition) is 5. The van der Waals surface area contributed by atoms with E-state index < -0.39 is 0 Å². The first-order chi connectivity index (χ1) is 13.3. The zero-order chi connectivity index (χ0) is 18.5. The van der Waals surface area contributed by atoms with Crippen molar-refractivity contribution in [2.45, 2.75) is 12.8 Å². The standard InChI is InChI=1S/C22H22N2O3/c1-25-18-8-10-20(11-9-18)26-19-6-4-17(5-7-19)23-16-21-12-13-22(27-21)24-14-2-3-15-24/h4-13,16H,2-3,14-15H2,1H3. The van der Waals surface area contributed by atoms with E-state index in [1.54, 1.807) is 13.3 Å². The lowest BCUT2D eigenvalue weighted by atomic mass is 10.3. The molecule has 5 nitrogen and oxygen atoms in total. The highest BCUT2D eigenvalue weighted by molar-refractivity contribution is 5.79. The molecule has 1 fully saturated rings. The number of hydrogen-bond donors (Lipinski definition) is 0. The fraction of sp³-hybridized carbons (Fsp3) is 0.227. The summed E-state index contributed by atoms with van der Waals surface area (Å²) in [5.74, 6) is 4.01. The molecule has 3 aromatic rings. The van der Waals surface area contributed by atoms with Gasteiger partial charge < -0.3 is 18.8 Å². The summed E-state index contributed by atoms with van der Waals surface area (Å²) in [5, 5.41) is 0. The third-order valence-corrected chi connectivity index (χ3v) is 4.50. The Morgan fingerprint density at radius 3 is 2.15 bits per heavy atom. The fourth-order valence-corrected chi connectivity index (χ4v) is 3.04. The molecule has 0 atom stereocenters. The number of nitrogens with zero attached hydrogens (tertiary/aromatic N) is 2. The molecular formula is C22H22N2O3. The zero-order valence-electron chi connectivity index (χ0n) is 15.3. The minimum absolute atomic E-state index is 0.758. The molecular weight excluding hydrogens is 340 g/mol. The summed E-state index contributed by atoms with van der Waals surface area (Å²) in [6.07, 6.45) is 4.21. The van der Waals surface area contributed by atoms with Crippen LogP contribution in [0.4, 0.5) is 11.6 Å². The molecule has 0 unspecified atom stereocenters. The second-order valence-corrected chi connectivity index (χ2v) is 6.40. The summed E-state index contributed by atoms with van der Waals surface area (Å²) in [7, 11) is 1.64. The van der Waals surface area contributed by atoms with Crippen LogP contribution in [0.3, 0.4) is 0 Å². The summed E-state index contributed by atoms with van der Waals surface area (Å²) < 4.78 is 16.8. The molecule has 5 heteroatoms. The first-order valence-electron chi connectivity index (χ1n) is 9.11. The van der Waals surface area contributed by atoms with Gasteiger partial charge in [-0.25, -0.2) is 0 Å². The SMILES string of the molecule is COc1ccc(Oc2ccc(N=Cc3ccc(N4CCCC4)o3)cc2)cc1. The first kappa shape index (κ1) is 17.2. The number of aliphatic imine (C=N–C) groups is 1. The van der Waals surface area contributed by atoms with E-state index in [9.17, 15) is 0 Å². The molecule has 138 valence electrons. The number of furan rings is 1. The van der Waals surface area contributed by atoms with Gasteiger partial charge in [-0.15, -0.1) is 0 Å². The maximum atomic E-state index is 5.85. The van der Waals surface area contributed by atoms with Gasteiger partial charge in [-0.3, -0.25) is 4.99 Å². The van der Waals surface area contributed by atoms with Gasteiger partial charge in [0.2, 0.25) is 0 Å². The van der Waals surface area contributed by atoms with Crippen molar-refractivity contribution < 1.29 is 13.9 Å². The van der Waals surface area contributed by atoms with E-state index in [4.69, 9.17) is 13.9 Å². The van der Waals surface area contributed by atoms with Gasteiger partial charge in [0.05, 0.1) is 19.0 Å². The van der Waals surface area contributed by atoms with Crippen LogP contribution in [-0.2, 0) is 0 Å². The van der Waals surface area contributed by atoms with Gasteiger partial charge >= 0.3 is 0 Å². The molecule has 0 radical (unpaired) electrons. The quantitative estimate of drug-likeness (QED) is 0.549. The van der Waals surface area contributed by atoms with Crippen LogP contribution in [0, 0.1) is 0 Å². The lowest BCUT2D eigenvalue weighted by Crippen LogP contribution is -2.16. The van der Waals surface area contributed by atoms with Crippen LogP contribution >= 0.6 is 0 Å². The van der Waals surface area contributed by atoms with Gasteiger partial charge in [-0.05, 0) is 67.4 Å². The second kappa shape index (κ2) is 7.99. The van der Waals surface area contributed by atoms with Crippen molar-refractivity contribution in [3.63, 3.8) is 0 Å². The molecule has 27 heavy (non-hydrogen) atoms. The molecule has 2 aromatic carbocycles. The minimum atomic E-state index is 0.758. The molecule has 0 bridgehead atoms. The Bertz CT molecular complexity index is 892. The van der Waals surface area contributed by atoms with Crippen molar-refractivity contribution in [2.75, 3.05) is 25.1 Å². The Kier molecular flexibility index (Phi) is 5.10. The first-order valence-corrected chi connectivity index (χ1v) is 9.11. The van der Waals surface area contributed by atoms with Crippen LogP contribution in [0.5, 0.6) is 17.2 Å². The topological polar surface area (TPSA) is 47.2 Å². The molecule has 1 aliphatic heterocycles. The van der Waals surface area contributed by atoms with E-state index in [0.717, 1.165) is 47.7 Å². The van der Waals surface area contributed by atoms with E-state index >= 15 is 0 Å². The van der Waals surface area contributed by atoms with Gasteiger partial charge in [-0.2, -0.15) is 0 Å². The van der Waals surface area contributed by atoms with Crippen molar-refractivity contribution in [3.05, 3.63) is 66.4 Å². The Balaban J connectivity index is 1.37. The van der Waals surface area contributed by atoms with Gasteiger partial charge in [0.1, 0.15) is 23.0 Å². The van der Waals surface area contributed by atoms with Crippen LogP contribution in [0.2, 0.25) is 0 Å². The van der Waals surface area contributed by atoms with Gasteiger partial charge in [0, 0.05) is 19.2 Å². The summed E-state index contributed by atoms with van der Waals surface area (Å²) in [5.41, 5.74) is 0.844. The highest BCUT2D eigenvalue weighted by Gasteiger charge is 2.15. The lowest BCUT2D eigenvalue weighted by molar-refractivity contribution is 0.413. The predicted octanol–water partition coefficient (Wildman–Crippen LogP) is 5.43. The molecule has 1 saturated heterocycles. The molecule has 0 spiro atoms. The van der Waals surface area contributed by atoms with E-state index in [1.807, 2.05) is 60.7 Å². The average molecular weight is 362 g/mol. The summed E-state index contributed by atoms with van der Waals surface area (Å²) >= 11 is 0. The van der Waals surface area contributed by atoms with Gasteiger partial charge in [-0.1, -0.05) is 0 Å². The van der Waals surface area contributed by atoms with Crippen LogP contribution in [0.15, 0.2) is 70.1 Å². The maximum Gasteiger partial charge on any atom is 0.196 e. The van der Waals surface area contributed by atoms with Gasteiger partial charge in [0.25, 0.3) is 0 Å². The normalized spacial score (nSPS) is 14.0. The average Bonchev–Trinajstić information content (AvgIpc) is 3.40. The van der Waals surface area contributed by atoms with Crippen LogP contribution < -0.4 is 14.4 Å². The molecule has 1 aromatic heterocycles. The third-order valence-electron chi connectivity index (χ3n) is 4.50. The number of benzene rings is 2. The number of anilines is 1. The van der Waals surface area contributed by atoms with E-state index in [0.29, 0.717) is 0 Å². The van der Waals surface area contributed by atoms with E-state index in [1.165, 1.54) is 12.8 Å². The van der Waals surface area contributed by atoms with Crippen molar-refractivity contribution >= 4 is 17.8 Å². The number of rotatable bonds is 6. The summed E-state index contributed by atoms with van der Waals surface area (Å²) in [6, 6.07) is 19.1. The Labute approximate surface area is 158 Å². The van der Waals surface area contributed by atoms with Crippen molar-refractivity contribution in [1.29, 1.82) is 0 Å². The summed E-state index contributed by atoms with van der Waals surface area (Å²) in [4.78, 5) is 6.74. The molecule has 1 aliphatic rings. The molecule has 0 saturated carbocycles.